The van der Waals surface area contributed by atoms with Gasteiger partial charge in [-0.2, -0.15) is 4.31 Å². The highest BCUT2D eigenvalue weighted by Crippen LogP contribution is 2.18. The Morgan fingerprint density at radius 3 is 2.38 bits per heavy atom. The molecule has 2 aromatic rings. The summed E-state index contributed by atoms with van der Waals surface area (Å²) in [5.41, 5.74) is 4.96. The van der Waals surface area contributed by atoms with E-state index in [1.165, 1.54) is 21.0 Å². The van der Waals surface area contributed by atoms with Crippen molar-refractivity contribution in [3.63, 3.8) is 0 Å². The third-order valence-electron chi connectivity index (χ3n) is 4.89. The minimum absolute atomic E-state index is 0.345. The van der Waals surface area contributed by atoms with Crippen LogP contribution in [0.4, 0.5) is 0 Å². The molecule has 1 aliphatic rings. The zero-order valence-corrected chi connectivity index (χ0v) is 16.2. The van der Waals surface area contributed by atoms with Crippen LogP contribution in [0.1, 0.15) is 22.3 Å². The van der Waals surface area contributed by atoms with E-state index in [1.807, 2.05) is 12.1 Å². The lowest BCUT2D eigenvalue weighted by Gasteiger charge is -2.26. The molecule has 5 nitrogen and oxygen atoms in total. The lowest BCUT2D eigenvalue weighted by atomic mass is 10.0. The van der Waals surface area contributed by atoms with Gasteiger partial charge in [0.15, 0.2) is 0 Å². The first-order valence-electron chi connectivity index (χ1n) is 8.91. The first-order valence-corrected chi connectivity index (χ1v) is 10.3. The second kappa shape index (κ2) is 8.31. The Morgan fingerprint density at radius 1 is 1.00 bits per heavy atom. The second-order valence-electron chi connectivity index (χ2n) is 6.62. The number of nitrogens with one attached hydrogen (secondary N) is 1. The third kappa shape index (κ3) is 4.32. The Hall–Kier alpha value is -1.73. The van der Waals surface area contributed by atoms with E-state index in [0.717, 1.165) is 12.1 Å². The molecule has 1 aliphatic heterocycles. The van der Waals surface area contributed by atoms with Crippen molar-refractivity contribution in [2.24, 2.45) is 0 Å². The van der Waals surface area contributed by atoms with E-state index in [-0.39, 0.29) is 0 Å². The number of sulfonamides is 1. The number of nitrogens with zero attached hydrogens (tertiary/aromatic N) is 1. The summed E-state index contributed by atoms with van der Waals surface area (Å²) in [7, 11) is -3.42. The summed E-state index contributed by atoms with van der Waals surface area (Å²) in [5, 5.41) is 3.43. The van der Waals surface area contributed by atoms with Crippen LogP contribution in [-0.2, 0) is 27.8 Å². The molecule has 0 amide bonds. The molecule has 140 valence electrons. The van der Waals surface area contributed by atoms with Gasteiger partial charge in [0.2, 0.25) is 10.0 Å². The molecule has 1 heterocycles. The Balaban J connectivity index is 1.60. The van der Waals surface area contributed by atoms with Gasteiger partial charge in [-0.15, -0.1) is 0 Å². The van der Waals surface area contributed by atoms with Crippen LogP contribution in [-0.4, -0.2) is 39.0 Å². The van der Waals surface area contributed by atoms with Crippen LogP contribution in [0, 0.1) is 13.8 Å². The first kappa shape index (κ1) is 19.0. The van der Waals surface area contributed by atoms with Gasteiger partial charge in [0, 0.05) is 26.2 Å². The number of hydrogen-bond acceptors (Lipinski definition) is 4. The molecule has 3 rings (SSSR count). The number of hydrogen-bond donors (Lipinski definition) is 1. The SMILES string of the molecule is Cc1cccc(CNCc2ccc(S(=O)(=O)N3CCOCC3)cc2)c1C. The largest absolute Gasteiger partial charge is 0.379 e. The van der Waals surface area contributed by atoms with E-state index in [9.17, 15) is 8.42 Å². The van der Waals surface area contributed by atoms with E-state index in [0.29, 0.717) is 37.7 Å². The summed E-state index contributed by atoms with van der Waals surface area (Å²) in [6, 6.07) is 13.5. The summed E-state index contributed by atoms with van der Waals surface area (Å²) in [5.74, 6) is 0. The zero-order chi connectivity index (χ0) is 18.6. The van der Waals surface area contributed by atoms with Crippen molar-refractivity contribution in [1.29, 1.82) is 0 Å². The number of ether oxygens (including phenoxy) is 1. The Kier molecular flexibility index (Phi) is 6.09. The number of aryl methyl sites for hydroxylation is 1. The maximum absolute atomic E-state index is 12.6. The van der Waals surface area contributed by atoms with Crippen molar-refractivity contribution in [3.05, 3.63) is 64.7 Å². The Morgan fingerprint density at radius 2 is 1.69 bits per heavy atom. The van der Waals surface area contributed by atoms with Crippen LogP contribution >= 0.6 is 0 Å². The number of morpholine rings is 1. The summed E-state index contributed by atoms with van der Waals surface area (Å²) in [6.45, 7) is 7.50. The minimum atomic E-state index is -3.42. The average molecular weight is 375 g/mol. The Labute approximate surface area is 156 Å². The molecule has 0 radical (unpaired) electrons. The van der Waals surface area contributed by atoms with E-state index in [4.69, 9.17) is 4.74 Å². The maximum atomic E-state index is 12.6. The van der Waals surface area contributed by atoms with Crippen LogP contribution in [0.2, 0.25) is 0 Å². The van der Waals surface area contributed by atoms with Gasteiger partial charge in [0.05, 0.1) is 18.1 Å². The Bertz CT molecular complexity index is 842. The van der Waals surface area contributed by atoms with Crippen LogP contribution < -0.4 is 5.32 Å². The molecule has 0 atom stereocenters. The molecular formula is C20H26N2O3S. The van der Waals surface area contributed by atoms with Crippen molar-refractivity contribution >= 4 is 10.0 Å². The van der Waals surface area contributed by atoms with Gasteiger partial charge in [-0.05, 0) is 48.2 Å². The molecule has 0 unspecified atom stereocenters. The third-order valence-corrected chi connectivity index (χ3v) is 6.81. The maximum Gasteiger partial charge on any atom is 0.243 e. The molecule has 2 aromatic carbocycles. The highest BCUT2D eigenvalue weighted by molar-refractivity contribution is 7.89. The molecule has 0 spiro atoms. The van der Waals surface area contributed by atoms with Crippen LogP contribution in [0.5, 0.6) is 0 Å². The summed E-state index contributed by atoms with van der Waals surface area (Å²) in [4.78, 5) is 0.345. The quantitative estimate of drug-likeness (QED) is 0.844. The predicted molar refractivity (Wildman–Crippen MR) is 102 cm³/mol. The molecule has 1 N–H and O–H groups in total. The van der Waals surface area contributed by atoms with Gasteiger partial charge in [0.1, 0.15) is 0 Å². The fourth-order valence-electron chi connectivity index (χ4n) is 3.06. The van der Waals surface area contributed by atoms with E-state index >= 15 is 0 Å². The molecule has 6 heteroatoms. The van der Waals surface area contributed by atoms with E-state index < -0.39 is 10.0 Å². The number of rotatable bonds is 6. The average Bonchev–Trinajstić information content (AvgIpc) is 2.66. The first-order chi connectivity index (χ1) is 12.5. The minimum Gasteiger partial charge on any atom is -0.379 e. The van der Waals surface area contributed by atoms with Crippen molar-refractivity contribution in [2.75, 3.05) is 26.3 Å². The molecule has 1 fully saturated rings. The van der Waals surface area contributed by atoms with Gasteiger partial charge in [0.25, 0.3) is 0 Å². The molecule has 0 saturated carbocycles. The van der Waals surface area contributed by atoms with E-state index in [1.54, 1.807) is 12.1 Å². The van der Waals surface area contributed by atoms with Gasteiger partial charge in [-0.3, -0.25) is 0 Å². The predicted octanol–water partition coefficient (Wildman–Crippen LogP) is 2.61. The highest BCUT2D eigenvalue weighted by atomic mass is 32.2. The normalized spacial score (nSPS) is 15.9. The smallest absolute Gasteiger partial charge is 0.243 e. The molecule has 1 saturated heterocycles. The van der Waals surface area contributed by atoms with Crippen LogP contribution in [0.25, 0.3) is 0 Å². The molecular weight excluding hydrogens is 348 g/mol. The fourth-order valence-corrected chi connectivity index (χ4v) is 4.47. The van der Waals surface area contributed by atoms with Crippen molar-refractivity contribution in [3.8, 4) is 0 Å². The molecule has 0 aliphatic carbocycles. The van der Waals surface area contributed by atoms with Gasteiger partial charge >= 0.3 is 0 Å². The molecule has 0 aromatic heterocycles. The summed E-state index contributed by atoms with van der Waals surface area (Å²) in [6.07, 6.45) is 0. The number of benzene rings is 2. The zero-order valence-electron chi connectivity index (χ0n) is 15.4. The summed E-state index contributed by atoms with van der Waals surface area (Å²) < 4.78 is 32.0. The van der Waals surface area contributed by atoms with Crippen LogP contribution in [0.15, 0.2) is 47.4 Å². The fraction of sp³-hybridized carbons (Fsp3) is 0.400. The van der Waals surface area contributed by atoms with Crippen molar-refractivity contribution in [1.82, 2.24) is 9.62 Å². The van der Waals surface area contributed by atoms with Gasteiger partial charge < -0.3 is 10.1 Å². The standard InChI is InChI=1S/C20H26N2O3S/c1-16-4-3-5-19(17(16)2)15-21-14-18-6-8-20(9-7-18)26(23,24)22-10-12-25-13-11-22/h3-9,21H,10-15H2,1-2H3. The van der Waals surface area contributed by atoms with Crippen LogP contribution in [0.3, 0.4) is 0 Å². The van der Waals surface area contributed by atoms with Gasteiger partial charge in [-0.25, -0.2) is 8.42 Å². The van der Waals surface area contributed by atoms with Crippen molar-refractivity contribution in [2.45, 2.75) is 31.8 Å². The monoisotopic (exact) mass is 374 g/mol. The lowest BCUT2D eigenvalue weighted by molar-refractivity contribution is 0.0730. The lowest BCUT2D eigenvalue weighted by Crippen LogP contribution is -2.40. The van der Waals surface area contributed by atoms with Crippen molar-refractivity contribution < 1.29 is 13.2 Å². The molecule has 0 bridgehead atoms. The van der Waals surface area contributed by atoms with E-state index in [2.05, 4.69) is 37.4 Å². The molecule has 26 heavy (non-hydrogen) atoms. The second-order valence-corrected chi connectivity index (χ2v) is 8.56. The highest BCUT2D eigenvalue weighted by Gasteiger charge is 2.25. The summed E-state index contributed by atoms with van der Waals surface area (Å²) >= 11 is 0. The topological polar surface area (TPSA) is 58.6 Å². The van der Waals surface area contributed by atoms with Gasteiger partial charge in [-0.1, -0.05) is 30.3 Å².